The van der Waals surface area contributed by atoms with Gasteiger partial charge in [-0.05, 0) is 39.7 Å². The second kappa shape index (κ2) is 11.1. The lowest BCUT2D eigenvalue weighted by Crippen LogP contribution is -2.39. The van der Waals surface area contributed by atoms with Gasteiger partial charge in [-0.25, -0.2) is 9.79 Å². The molecule has 0 atom stereocenters. The molecule has 0 bridgehead atoms. The average molecular weight is 479 g/mol. The summed E-state index contributed by atoms with van der Waals surface area (Å²) in [5.41, 5.74) is 1.89. The van der Waals surface area contributed by atoms with Crippen molar-refractivity contribution in [1.82, 2.24) is 9.80 Å². The second-order valence-corrected chi connectivity index (χ2v) is 9.33. The fraction of sp³-hybridized carbons (Fsp3) is 0.444. The minimum Gasteiger partial charge on any atom is -0.493 e. The molecule has 0 N–H and O–H groups in total. The minimum absolute atomic E-state index is 0.298. The molecule has 0 radical (unpaired) electrons. The summed E-state index contributed by atoms with van der Waals surface area (Å²) in [4.78, 5) is 21.2. The third-order valence-corrected chi connectivity index (χ3v) is 5.71. The molecule has 1 amide bonds. The maximum absolute atomic E-state index is 12.5. The van der Waals surface area contributed by atoms with Gasteiger partial charge in [0.1, 0.15) is 17.5 Å². The first-order chi connectivity index (χ1) is 16.7. The van der Waals surface area contributed by atoms with E-state index in [4.69, 9.17) is 19.2 Å². The highest BCUT2D eigenvalue weighted by Crippen LogP contribution is 2.45. The summed E-state index contributed by atoms with van der Waals surface area (Å²) in [7, 11) is 3.13. The molecular formula is C27H34N4O4. The first kappa shape index (κ1) is 25.9. The van der Waals surface area contributed by atoms with Gasteiger partial charge < -0.3 is 24.0 Å². The monoisotopic (exact) mass is 478 g/mol. The van der Waals surface area contributed by atoms with Crippen molar-refractivity contribution in [3.63, 3.8) is 0 Å². The van der Waals surface area contributed by atoms with Crippen LogP contribution in [0.3, 0.4) is 0 Å². The van der Waals surface area contributed by atoms with Crippen molar-refractivity contribution < 1.29 is 19.0 Å². The Kier molecular flexibility index (Phi) is 8.23. The van der Waals surface area contributed by atoms with E-state index >= 15 is 0 Å². The van der Waals surface area contributed by atoms with Crippen LogP contribution in [0.1, 0.15) is 39.7 Å². The number of nitriles is 1. The summed E-state index contributed by atoms with van der Waals surface area (Å²) in [5.74, 6) is 1.76. The van der Waals surface area contributed by atoms with Crippen LogP contribution >= 0.6 is 0 Å². The summed E-state index contributed by atoms with van der Waals surface area (Å²) in [5, 5.41) is 10.1. The van der Waals surface area contributed by atoms with Crippen molar-refractivity contribution in [2.75, 3.05) is 40.4 Å². The van der Waals surface area contributed by atoms with Gasteiger partial charge in [0.25, 0.3) is 0 Å². The Hall–Kier alpha value is -3.73. The van der Waals surface area contributed by atoms with Crippen molar-refractivity contribution in [3.8, 4) is 28.7 Å². The summed E-state index contributed by atoms with van der Waals surface area (Å²) in [6.45, 7) is 10.0. The highest BCUT2D eigenvalue weighted by Gasteiger charge is 2.25. The minimum atomic E-state index is -0.530. The number of benzene rings is 2. The predicted octanol–water partition coefficient (Wildman–Crippen LogP) is 5.24. The maximum atomic E-state index is 12.5. The molecule has 1 aliphatic rings. The first-order valence-electron chi connectivity index (χ1n) is 11.7. The molecule has 8 heteroatoms. The smallest absolute Gasteiger partial charge is 0.410 e. The molecule has 0 spiro atoms. The number of methoxy groups -OCH3 is 2. The molecule has 186 valence electrons. The molecule has 35 heavy (non-hydrogen) atoms. The lowest BCUT2D eigenvalue weighted by Gasteiger charge is -2.27. The molecule has 2 aromatic carbocycles. The lowest BCUT2D eigenvalue weighted by atomic mass is 9.97. The number of carbonyl (C=O) groups excluding carboxylic acids is 1. The predicted molar refractivity (Wildman–Crippen MR) is 136 cm³/mol. The molecule has 1 fully saturated rings. The molecule has 2 aromatic rings. The van der Waals surface area contributed by atoms with Crippen molar-refractivity contribution in [2.45, 2.75) is 39.7 Å². The molecule has 8 nitrogen and oxygen atoms in total. The molecule has 0 saturated carbocycles. The second-order valence-electron chi connectivity index (χ2n) is 9.33. The maximum Gasteiger partial charge on any atom is 0.410 e. The van der Waals surface area contributed by atoms with Crippen LogP contribution in [0, 0.1) is 11.3 Å². The van der Waals surface area contributed by atoms with Gasteiger partial charge in [0, 0.05) is 37.8 Å². The normalized spacial score (nSPS) is 14.7. The Bertz CT molecular complexity index is 1120. The molecule has 1 heterocycles. The van der Waals surface area contributed by atoms with Gasteiger partial charge in [-0.3, -0.25) is 0 Å². The Balaban J connectivity index is 1.94. The third kappa shape index (κ3) is 6.24. The van der Waals surface area contributed by atoms with Gasteiger partial charge >= 0.3 is 6.09 Å². The van der Waals surface area contributed by atoms with Crippen LogP contribution in [0.25, 0.3) is 11.1 Å². The molecule has 1 saturated heterocycles. The zero-order valence-corrected chi connectivity index (χ0v) is 21.4. The molecular weight excluding hydrogens is 444 g/mol. The number of hydrogen-bond acceptors (Lipinski definition) is 6. The summed E-state index contributed by atoms with van der Waals surface area (Å²) >= 11 is 0. The number of amides is 1. The van der Waals surface area contributed by atoms with E-state index in [1.165, 1.54) is 0 Å². The number of aliphatic imine (C=N–C) groups is 1. The number of hydrogen-bond donors (Lipinski definition) is 0. The van der Waals surface area contributed by atoms with Crippen molar-refractivity contribution in [2.24, 2.45) is 4.99 Å². The summed E-state index contributed by atoms with van der Waals surface area (Å²) in [6, 6.07) is 13.7. The number of rotatable bonds is 4. The van der Waals surface area contributed by atoms with E-state index in [1.807, 2.05) is 58.0 Å². The quantitative estimate of drug-likeness (QED) is 0.441. The molecule has 0 unspecified atom stereocenters. The van der Waals surface area contributed by atoms with Crippen LogP contribution < -0.4 is 9.47 Å². The molecule has 0 aromatic heterocycles. The Morgan fingerprint density at radius 1 is 1.03 bits per heavy atom. The highest BCUT2D eigenvalue weighted by molar-refractivity contribution is 5.89. The van der Waals surface area contributed by atoms with E-state index in [1.54, 1.807) is 25.2 Å². The number of nitrogens with zero attached hydrogens (tertiary/aromatic N) is 4. The Morgan fingerprint density at radius 2 is 1.69 bits per heavy atom. The van der Waals surface area contributed by atoms with Crippen molar-refractivity contribution in [1.29, 1.82) is 5.26 Å². The van der Waals surface area contributed by atoms with Gasteiger partial charge in [-0.15, -0.1) is 0 Å². The van der Waals surface area contributed by atoms with E-state index in [2.05, 4.69) is 11.0 Å². The molecule has 0 aliphatic carbocycles. The van der Waals surface area contributed by atoms with E-state index < -0.39 is 5.60 Å². The van der Waals surface area contributed by atoms with E-state index in [0.29, 0.717) is 47.9 Å². The largest absolute Gasteiger partial charge is 0.493 e. The van der Waals surface area contributed by atoms with E-state index in [-0.39, 0.29) is 6.09 Å². The van der Waals surface area contributed by atoms with Crippen LogP contribution in [-0.4, -0.2) is 67.7 Å². The van der Waals surface area contributed by atoms with Crippen LogP contribution in [0.2, 0.25) is 0 Å². The van der Waals surface area contributed by atoms with Crippen LogP contribution in [0.4, 0.5) is 10.5 Å². The zero-order valence-electron chi connectivity index (χ0n) is 21.4. The summed E-state index contributed by atoms with van der Waals surface area (Å²) < 4.78 is 16.8. The van der Waals surface area contributed by atoms with E-state index in [0.717, 1.165) is 24.4 Å². The average Bonchev–Trinajstić information content (AvgIpc) is 3.09. The van der Waals surface area contributed by atoms with Crippen LogP contribution in [0.5, 0.6) is 11.5 Å². The Labute approximate surface area is 207 Å². The summed E-state index contributed by atoms with van der Waals surface area (Å²) in [6.07, 6.45) is 0.492. The van der Waals surface area contributed by atoms with Crippen LogP contribution in [0.15, 0.2) is 41.4 Å². The fourth-order valence-electron chi connectivity index (χ4n) is 4.06. The van der Waals surface area contributed by atoms with Gasteiger partial charge in [-0.2, -0.15) is 5.26 Å². The van der Waals surface area contributed by atoms with Crippen molar-refractivity contribution >= 4 is 17.6 Å². The topological polar surface area (TPSA) is 87.4 Å². The lowest BCUT2D eigenvalue weighted by molar-refractivity contribution is 0.0260. The molecule has 1 aliphatic heterocycles. The van der Waals surface area contributed by atoms with Crippen LogP contribution in [-0.2, 0) is 4.74 Å². The Morgan fingerprint density at radius 3 is 2.29 bits per heavy atom. The number of ether oxygens (including phenoxy) is 3. The number of carbonyl (C=O) groups is 1. The van der Waals surface area contributed by atoms with Gasteiger partial charge in [0.15, 0.2) is 11.5 Å². The number of amidine groups is 1. The van der Waals surface area contributed by atoms with Gasteiger partial charge in [0.05, 0.1) is 25.5 Å². The fourth-order valence-corrected chi connectivity index (χ4v) is 4.06. The zero-order chi connectivity index (χ0) is 25.6. The van der Waals surface area contributed by atoms with Gasteiger partial charge in [-0.1, -0.05) is 30.3 Å². The highest BCUT2D eigenvalue weighted by atomic mass is 16.6. The standard InChI is InChI=1S/C27H34N4O4/c1-19(30-13-10-14-31(16-15-30)26(32)35-27(2,3)4)29-22-17-23(33-5)25(34-6)24(21(22)18-28)20-11-8-7-9-12-20/h7-9,11-12,17H,10,13-16H2,1-6H3/b29-19+. The van der Waals surface area contributed by atoms with Gasteiger partial charge in [0.2, 0.25) is 0 Å². The third-order valence-electron chi connectivity index (χ3n) is 5.71. The first-order valence-corrected chi connectivity index (χ1v) is 11.7. The molecule has 3 rings (SSSR count). The van der Waals surface area contributed by atoms with E-state index in [9.17, 15) is 10.1 Å². The van der Waals surface area contributed by atoms with Crippen molar-refractivity contribution in [3.05, 3.63) is 42.0 Å². The SMILES string of the molecule is COc1cc(/N=C(\C)N2CCCN(C(=O)OC(C)(C)C)CC2)c(C#N)c(-c2ccccc2)c1OC.